The summed E-state index contributed by atoms with van der Waals surface area (Å²) in [5, 5.41) is 12.4. The van der Waals surface area contributed by atoms with Crippen LogP contribution in [0.5, 0.6) is 0 Å². The van der Waals surface area contributed by atoms with E-state index in [1.807, 2.05) is 0 Å². The molecule has 0 unspecified atom stereocenters. The summed E-state index contributed by atoms with van der Waals surface area (Å²) in [4.78, 5) is 35.9. The quantitative estimate of drug-likeness (QED) is 0.230. The maximum Gasteiger partial charge on any atom is 0.320 e. The van der Waals surface area contributed by atoms with Gasteiger partial charge in [-0.2, -0.15) is 0 Å². The van der Waals surface area contributed by atoms with E-state index in [4.69, 9.17) is 20.4 Å². The Hall–Kier alpha value is -2.50. The topological polar surface area (TPSA) is 180 Å². The second kappa shape index (κ2) is 16.2. The third-order valence-electron chi connectivity index (χ3n) is 0.246. The fraction of sp³-hybridized carbons (Fsp3) is 0. The van der Waals surface area contributed by atoms with Gasteiger partial charge in [0.1, 0.15) is 0 Å². The summed E-state index contributed by atoms with van der Waals surface area (Å²) in [6, 6.07) is -1.88. The summed E-state index contributed by atoms with van der Waals surface area (Å²) in [6.45, 7) is 0. The second-order valence-electron chi connectivity index (χ2n) is 1.06. The van der Waals surface area contributed by atoms with Crippen molar-refractivity contribution < 1.29 is 19.2 Å². The van der Waals surface area contributed by atoms with Gasteiger partial charge < -0.3 is 11.5 Å². The minimum Gasteiger partial charge on any atom is -0.351 e. The van der Waals surface area contributed by atoms with Crippen molar-refractivity contribution in [1.29, 1.82) is 10.8 Å². The Labute approximate surface area is 72.1 Å². The first kappa shape index (κ1) is 16.8. The van der Waals surface area contributed by atoms with Crippen LogP contribution in [-0.2, 0) is 9.59 Å². The molecule has 4 amide bonds. The largest absolute Gasteiger partial charge is 0.351 e. The van der Waals surface area contributed by atoms with E-state index in [1.54, 1.807) is 5.32 Å². The van der Waals surface area contributed by atoms with Gasteiger partial charge in [-0.05, 0) is 0 Å². The van der Waals surface area contributed by atoms with Gasteiger partial charge in [0.25, 0.3) is 0 Å². The highest BCUT2D eigenvalue weighted by molar-refractivity contribution is 5.91. The number of carbonyl (C=O) groups excluding carboxylic acids is 4. The van der Waals surface area contributed by atoms with Gasteiger partial charge in [0.15, 0.2) is 0 Å². The highest BCUT2D eigenvalue weighted by atomic mass is 16.2. The summed E-state index contributed by atoms with van der Waals surface area (Å²) >= 11 is 0. The van der Waals surface area contributed by atoms with E-state index in [1.165, 1.54) is 0 Å². The monoisotopic (exact) mass is 189 g/mol. The van der Waals surface area contributed by atoms with Crippen LogP contribution < -0.4 is 16.8 Å². The first-order valence-electron chi connectivity index (χ1n) is 2.39. The van der Waals surface area contributed by atoms with Gasteiger partial charge in [0.05, 0.1) is 0 Å². The van der Waals surface area contributed by atoms with Gasteiger partial charge in [-0.25, -0.2) is 30.0 Å². The van der Waals surface area contributed by atoms with Crippen LogP contribution >= 0.6 is 0 Å². The smallest absolute Gasteiger partial charge is 0.320 e. The van der Waals surface area contributed by atoms with E-state index in [0.717, 1.165) is 12.2 Å². The van der Waals surface area contributed by atoms with E-state index in [2.05, 4.69) is 11.5 Å². The molecule has 0 aliphatic carbocycles. The molecule has 9 heteroatoms. The standard InChI is InChI=1S/C2H5N3O2.2CHNO/c3-1(6)5-2(4)7;2*2-1-3/h(H5,3,4,5,6,7);2*2H. The lowest BCUT2D eigenvalue weighted by molar-refractivity contribution is 0.236. The predicted molar refractivity (Wildman–Crippen MR) is 39.1 cm³/mol. The van der Waals surface area contributed by atoms with Crippen LogP contribution in [0.3, 0.4) is 0 Å². The van der Waals surface area contributed by atoms with Crippen LogP contribution in [-0.4, -0.2) is 24.2 Å². The van der Waals surface area contributed by atoms with Crippen molar-refractivity contribution in [2.45, 2.75) is 0 Å². The predicted octanol–water partition coefficient (Wildman–Crippen LogP) is -1.46. The van der Waals surface area contributed by atoms with Gasteiger partial charge in [0.2, 0.25) is 12.2 Å². The number of nitrogens with two attached hydrogens (primary N) is 2. The number of urea groups is 2. The Morgan fingerprint density at radius 3 is 1.15 bits per heavy atom. The lowest BCUT2D eigenvalue weighted by Crippen LogP contribution is -2.38. The Balaban J connectivity index is -0.000000140. The molecule has 13 heavy (non-hydrogen) atoms. The van der Waals surface area contributed by atoms with Crippen molar-refractivity contribution in [3.8, 4) is 0 Å². The van der Waals surface area contributed by atoms with Gasteiger partial charge in [-0.1, -0.05) is 0 Å². The minimum absolute atomic E-state index is 0.750. The van der Waals surface area contributed by atoms with E-state index in [-0.39, 0.29) is 0 Å². The van der Waals surface area contributed by atoms with E-state index >= 15 is 0 Å². The van der Waals surface area contributed by atoms with Gasteiger partial charge in [0, 0.05) is 0 Å². The summed E-state index contributed by atoms with van der Waals surface area (Å²) in [6.07, 6.45) is 1.50. The van der Waals surface area contributed by atoms with Crippen molar-refractivity contribution in [2.24, 2.45) is 11.5 Å². The van der Waals surface area contributed by atoms with Gasteiger partial charge in [-0.3, -0.25) is 5.32 Å². The first-order valence-corrected chi connectivity index (χ1v) is 2.39. The molecule has 0 saturated carbocycles. The molecule has 0 aliphatic heterocycles. The van der Waals surface area contributed by atoms with Crippen LogP contribution in [0.2, 0.25) is 0 Å². The molecule has 0 atom stereocenters. The molecule has 7 N–H and O–H groups in total. The molecule has 0 bridgehead atoms. The number of isocyanates is 2. The van der Waals surface area contributed by atoms with Crippen LogP contribution in [0.15, 0.2) is 0 Å². The zero-order valence-electron chi connectivity index (χ0n) is 6.29. The zero-order valence-corrected chi connectivity index (χ0v) is 6.29. The molecule has 9 nitrogen and oxygen atoms in total. The fourth-order valence-electron chi connectivity index (χ4n) is 0.121. The van der Waals surface area contributed by atoms with Crippen LogP contribution in [0.4, 0.5) is 9.59 Å². The summed E-state index contributed by atoms with van der Waals surface area (Å²) < 4.78 is 0. The third-order valence-corrected chi connectivity index (χ3v) is 0.246. The number of carbonyl (C=O) groups is 2. The highest BCUT2D eigenvalue weighted by Gasteiger charge is 1.92. The highest BCUT2D eigenvalue weighted by Crippen LogP contribution is 1.51. The van der Waals surface area contributed by atoms with Crippen molar-refractivity contribution >= 4 is 24.2 Å². The summed E-state index contributed by atoms with van der Waals surface area (Å²) in [7, 11) is 0. The van der Waals surface area contributed by atoms with Crippen molar-refractivity contribution in [1.82, 2.24) is 5.32 Å². The van der Waals surface area contributed by atoms with Crippen LogP contribution in [0.1, 0.15) is 0 Å². The lowest BCUT2D eigenvalue weighted by atomic mass is 10.9. The third kappa shape index (κ3) is 238. The molecule has 0 spiro atoms. The normalized spacial score (nSPS) is 5.23. The zero-order chi connectivity index (χ0) is 11.3. The molecule has 0 rings (SSSR count). The fourth-order valence-corrected chi connectivity index (χ4v) is 0.121. The molecule has 0 heterocycles. The molecular weight excluding hydrogens is 182 g/mol. The summed E-state index contributed by atoms with van der Waals surface area (Å²) in [5.41, 5.74) is 8.88. The number of amides is 4. The average Bonchev–Trinajstić information content (AvgIpc) is 1.86. The number of hydrogen-bond donors (Lipinski definition) is 5. The molecule has 0 aliphatic rings. The SMILES string of the molecule is N=C=O.N=C=O.NC(=O)NC(N)=O. The average molecular weight is 189 g/mol. The number of imide groups is 1. The van der Waals surface area contributed by atoms with Crippen LogP contribution in [0.25, 0.3) is 0 Å². The van der Waals surface area contributed by atoms with E-state index in [0.29, 0.717) is 0 Å². The van der Waals surface area contributed by atoms with Gasteiger partial charge in [-0.15, -0.1) is 0 Å². The van der Waals surface area contributed by atoms with Crippen LogP contribution in [0, 0.1) is 10.8 Å². The molecule has 0 aromatic rings. The molecule has 0 fully saturated rings. The van der Waals surface area contributed by atoms with Crippen molar-refractivity contribution in [3.63, 3.8) is 0 Å². The number of hydrogen-bond acceptors (Lipinski definition) is 6. The number of nitrogens with one attached hydrogen (secondary N) is 3. The van der Waals surface area contributed by atoms with Gasteiger partial charge >= 0.3 is 12.1 Å². The summed E-state index contributed by atoms with van der Waals surface area (Å²) in [5.74, 6) is 0. The second-order valence-corrected chi connectivity index (χ2v) is 1.06. The molecule has 0 aromatic carbocycles. The maximum absolute atomic E-state index is 9.62. The Morgan fingerprint density at radius 1 is 1.00 bits per heavy atom. The lowest BCUT2D eigenvalue weighted by Gasteiger charge is -1.88. The maximum atomic E-state index is 9.62. The Kier molecular flexibility index (Phi) is 21.1. The Bertz CT molecular complexity index is 201. The van der Waals surface area contributed by atoms with E-state index in [9.17, 15) is 9.59 Å². The van der Waals surface area contributed by atoms with E-state index < -0.39 is 12.1 Å². The molecular formula is C4H7N5O4. The molecule has 72 valence electrons. The van der Waals surface area contributed by atoms with Crippen molar-refractivity contribution in [3.05, 3.63) is 0 Å². The minimum atomic E-state index is -0.938. The number of primary amides is 2. The molecule has 0 radical (unpaired) electrons. The Morgan fingerprint density at radius 2 is 1.15 bits per heavy atom. The molecule has 0 aromatic heterocycles. The first-order chi connectivity index (χ1) is 5.95. The molecule has 0 saturated heterocycles. The van der Waals surface area contributed by atoms with Crippen molar-refractivity contribution in [2.75, 3.05) is 0 Å². The number of rotatable bonds is 0.